The topological polar surface area (TPSA) is 185 Å². The van der Waals surface area contributed by atoms with Crippen molar-refractivity contribution in [2.24, 2.45) is 11.7 Å². The van der Waals surface area contributed by atoms with Crippen molar-refractivity contribution in [1.29, 1.82) is 0 Å². The van der Waals surface area contributed by atoms with Crippen LogP contribution in [0.25, 0.3) is 0 Å². The fourth-order valence-electron chi connectivity index (χ4n) is 4.80. The van der Waals surface area contributed by atoms with Gasteiger partial charge in [0.1, 0.15) is 17.8 Å². The van der Waals surface area contributed by atoms with Gasteiger partial charge < -0.3 is 25.4 Å². The van der Waals surface area contributed by atoms with Crippen molar-refractivity contribution in [1.82, 2.24) is 20.8 Å². The minimum Gasteiger partial charge on any atom is -0.404 e. The van der Waals surface area contributed by atoms with Gasteiger partial charge >= 0.3 is 7.82 Å². The number of primary amides is 1. The number of phosphoric ester groups is 1. The Balaban J connectivity index is 1.45. The maximum absolute atomic E-state index is 13.8. The minimum atomic E-state index is -4.09. The van der Waals surface area contributed by atoms with Crippen molar-refractivity contribution < 1.29 is 37.0 Å². The summed E-state index contributed by atoms with van der Waals surface area (Å²) in [5.41, 5.74) is 7.63. The zero-order chi connectivity index (χ0) is 35.9. The van der Waals surface area contributed by atoms with Crippen molar-refractivity contribution in [3.8, 4) is 5.75 Å². The smallest absolute Gasteiger partial charge is 0.404 e. The van der Waals surface area contributed by atoms with Crippen LogP contribution < -0.4 is 20.9 Å². The Hall–Kier alpha value is -4.84. The molecule has 0 aliphatic rings. The molecule has 50 heavy (non-hydrogen) atoms. The van der Waals surface area contributed by atoms with Crippen LogP contribution in [0.2, 0.25) is 0 Å². The standard InChI is InChI=1S/C36H44N5O8P/c1-25(2)14-21-34-40-36(48-41-34)31(19-20-33(37)43)39-35(44)32(38-26(3)42)22-27-15-17-30(18-16-27)49-50(45,46-23-28-10-6-4-7-11-28)47-24-29-12-8-5-9-13-29/h4-13,15-18,25,31-32H,14,19-24H2,1-3H3,(H2,37,43)(H,38,42)(H,39,44)/t31-,32-/m0/s1. The van der Waals surface area contributed by atoms with E-state index in [1.165, 1.54) is 6.92 Å². The summed E-state index contributed by atoms with van der Waals surface area (Å²) in [5.74, 6) is -0.195. The van der Waals surface area contributed by atoms with Gasteiger partial charge in [0.05, 0.1) is 13.2 Å². The fraction of sp³-hybridized carbons (Fsp3) is 0.361. The number of nitrogens with two attached hydrogens (primary N) is 1. The van der Waals surface area contributed by atoms with Crippen molar-refractivity contribution in [2.45, 2.75) is 78.2 Å². The van der Waals surface area contributed by atoms with Crippen LogP contribution in [0.5, 0.6) is 5.75 Å². The Kier molecular flexibility index (Phi) is 14.3. The molecule has 0 saturated heterocycles. The summed E-state index contributed by atoms with van der Waals surface area (Å²) in [5, 5.41) is 9.54. The van der Waals surface area contributed by atoms with Crippen LogP contribution in [0.4, 0.5) is 0 Å². The number of phosphoric acid groups is 1. The summed E-state index contributed by atoms with van der Waals surface area (Å²) in [7, 11) is -4.09. The zero-order valence-corrected chi connectivity index (χ0v) is 29.3. The number of hydrogen-bond donors (Lipinski definition) is 3. The zero-order valence-electron chi connectivity index (χ0n) is 28.4. The van der Waals surface area contributed by atoms with Gasteiger partial charge in [0.15, 0.2) is 5.82 Å². The number of aryl methyl sites for hydroxylation is 1. The van der Waals surface area contributed by atoms with Gasteiger partial charge in [-0.15, -0.1) is 0 Å². The number of hydrogen-bond acceptors (Lipinski definition) is 10. The first-order valence-corrected chi connectivity index (χ1v) is 17.9. The van der Waals surface area contributed by atoms with Crippen LogP contribution in [0.1, 0.15) is 74.5 Å². The average molecular weight is 706 g/mol. The number of nitrogens with one attached hydrogen (secondary N) is 2. The number of amides is 3. The molecule has 0 unspecified atom stereocenters. The molecule has 0 fully saturated rings. The van der Waals surface area contributed by atoms with Crippen LogP contribution in [-0.2, 0) is 54.1 Å². The van der Waals surface area contributed by atoms with Crippen molar-refractivity contribution in [3.63, 3.8) is 0 Å². The van der Waals surface area contributed by atoms with E-state index >= 15 is 0 Å². The Morgan fingerprint density at radius 2 is 1.44 bits per heavy atom. The Labute approximate surface area is 291 Å². The average Bonchev–Trinajstić information content (AvgIpc) is 3.58. The number of carbonyl (C=O) groups excluding carboxylic acids is 3. The molecule has 14 heteroatoms. The van der Waals surface area contributed by atoms with Crippen LogP contribution in [0.3, 0.4) is 0 Å². The summed E-state index contributed by atoms with van der Waals surface area (Å²) in [6, 6.07) is 23.2. The molecule has 3 amide bonds. The largest absolute Gasteiger partial charge is 0.530 e. The molecule has 0 aliphatic heterocycles. The van der Waals surface area contributed by atoms with E-state index in [4.69, 9.17) is 23.8 Å². The van der Waals surface area contributed by atoms with E-state index in [9.17, 15) is 18.9 Å². The molecule has 1 aromatic heterocycles. The molecular formula is C36H44N5O8P. The van der Waals surface area contributed by atoms with E-state index in [2.05, 4.69) is 34.6 Å². The maximum Gasteiger partial charge on any atom is 0.530 e. The number of carbonyl (C=O) groups is 3. The van der Waals surface area contributed by atoms with E-state index in [0.29, 0.717) is 23.7 Å². The van der Waals surface area contributed by atoms with E-state index < -0.39 is 37.6 Å². The third-order valence-corrected chi connectivity index (χ3v) is 8.79. The quantitative estimate of drug-likeness (QED) is 0.0957. The highest BCUT2D eigenvalue weighted by Crippen LogP contribution is 2.51. The van der Waals surface area contributed by atoms with Crippen LogP contribution in [-0.4, -0.2) is 33.9 Å². The molecule has 3 aromatic carbocycles. The fourth-order valence-corrected chi connectivity index (χ4v) is 5.97. The third-order valence-electron chi connectivity index (χ3n) is 7.46. The highest BCUT2D eigenvalue weighted by molar-refractivity contribution is 7.48. The first kappa shape index (κ1) is 38.0. The van der Waals surface area contributed by atoms with Crippen molar-refractivity contribution in [2.75, 3.05) is 0 Å². The molecule has 0 aliphatic carbocycles. The normalized spacial score (nSPS) is 12.6. The third kappa shape index (κ3) is 12.9. The van der Waals surface area contributed by atoms with Gasteiger partial charge in [0, 0.05) is 26.2 Å². The van der Waals surface area contributed by atoms with E-state index in [1.54, 1.807) is 24.3 Å². The molecule has 0 radical (unpaired) electrons. The molecule has 13 nitrogen and oxygen atoms in total. The summed E-state index contributed by atoms with van der Waals surface area (Å²) in [6.07, 6.45) is 1.65. The van der Waals surface area contributed by atoms with Gasteiger partial charge in [0.25, 0.3) is 0 Å². The summed E-state index contributed by atoms with van der Waals surface area (Å²) < 4.78 is 36.4. The predicted octanol–water partition coefficient (Wildman–Crippen LogP) is 5.75. The van der Waals surface area contributed by atoms with Gasteiger partial charge in [-0.3, -0.25) is 23.4 Å². The van der Waals surface area contributed by atoms with Gasteiger partial charge in [-0.05, 0) is 47.6 Å². The molecule has 4 rings (SSSR count). The summed E-state index contributed by atoms with van der Waals surface area (Å²) in [4.78, 5) is 41.7. The number of aromatic nitrogens is 2. The second-order valence-corrected chi connectivity index (χ2v) is 13.8. The Bertz CT molecular complexity index is 1670. The molecule has 266 valence electrons. The highest BCUT2D eigenvalue weighted by Gasteiger charge is 2.30. The monoisotopic (exact) mass is 705 g/mol. The number of nitrogens with zero attached hydrogens (tertiary/aromatic N) is 2. The van der Waals surface area contributed by atoms with E-state index in [-0.39, 0.29) is 44.1 Å². The second kappa shape index (κ2) is 18.8. The molecule has 4 aromatic rings. The first-order valence-electron chi connectivity index (χ1n) is 16.4. The van der Waals surface area contributed by atoms with Gasteiger partial charge in [-0.25, -0.2) is 4.57 Å². The molecule has 0 bridgehead atoms. The molecule has 0 saturated carbocycles. The van der Waals surface area contributed by atoms with Crippen LogP contribution >= 0.6 is 7.82 Å². The second-order valence-electron chi connectivity index (χ2n) is 12.2. The molecule has 1 heterocycles. The minimum absolute atomic E-state index is 0.00176. The maximum atomic E-state index is 13.8. The number of rotatable bonds is 20. The van der Waals surface area contributed by atoms with Gasteiger partial charge in [0.2, 0.25) is 23.6 Å². The van der Waals surface area contributed by atoms with Crippen LogP contribution in [0.15, 0.2) is 89.5 Å². The van der Waals surface area contributed by atoms with Gasteiger partial charge in [-0.2, -0.15) is 4.98 Å². The first-order chi connectivity index (χ1) is 24.0. The summed E-state index contributed by atoms with van der Waals surface area (Å²) in [6.45, 7) is 5.48. The molecule has 0 spiro atoms. The predicted molar refractivity (Wildman–Crippen MR) is 185 cm³/mol. The summed E-state index contributed by atoms with van der Waals surface area (Å²) >= 11 is 0. The van der Waals surface area contributed by atoms with Gasteiger partial charge in [-0.1, -0.05) is 91.8 Å². The Morgan fingerprint density at radius 3 is 1.98 bits per heavy atom. The lowest BCUT2D eigenvalue weighted by atomic mass is 10.0. The lowest BCUT2D eigenvalue weighted by molar-refractivity contribution is -0.128. The van der Waals surface area contributed by atoms with Crippen molar-refractivity contribution >= 4 is 25.5 Å². The van der Waals surface area contributed by atoms with E-state index in [1.807, 2.05) is 60.7 Å². The molecule has 4 N–H and O–H groups in total. The lowest BCUT2D eigenvalue weighted by Gasteiger charge is -2.22. The van der Waals surface area contributed by atoms with Crippen LogP contribution in [0, 0.1) is 5.92 Å². The Morgan fingerprint density at radius 1 is 0.840 bits per heavy atom. The lowest BCUT2D eigenvalue weighted by Crippen LogP contribution is -2.48. The van der Waals surface area contributed by atoms with E-state index in [0.717, 1.165) is 17.5 Å². The molecular weight excluding hydrogens is 661 g/mol. The molecule has 2 atom stereocenters. The number of benzene rings is 3. The SMILES string of the molecule is CC(=O)N[C@@H](Cc1ccc(OP(=O)(OCc2ccccc2)OCc2ccccc2)cc1)C(=O)N[C@@H](CCC(N)=O)c1nc(CCC(C)C)no1. The van der Waals surface area contributed by atoms with Crippen molar-refractivity contribution in [3.05, 3.63) is 113 Å². The highest BCUT2D eigenvalue weighted by atomic mass is 31.2.